The molecule has 10 nitrogen and oxygen atoms in total. The number of nitrogens with zero attached hydrogens (tertiary/aromatic N) is 1. The number of likely N-dealkylation sites (tertiary alicyclic amines) is 1. The summed E-state index contributed by atoms with van der Waals surface area (Å²) in [5, 5.41) is 14.5. The number of rotatable bonds is 9. The number of fused-ring (bicyclic) bond motifs is 1. The van der Waals surface area contributed by atoms with E-state index in [0.29, 0.717) is 6.54 Å². The third-order valence-corrected chi connectivity index (χ3v) is 7.47. The van der Waals surface area contributed by atoms with E-state index < -0.39 is 53.4 Å². The molecule has 3 aliphatic rings. The van der Waals surface area contributed by atoms with E-state index in [1.54, 1.807) is 34.6 Å². The minimum absolute atomic E-state index is 0.105. The summed E-state index contributed by atoms with van der Waals surface area (Å²) in [6.07, 6.45) is 1.37. The van der Waals surface area contributed by atoms with Crippen molar-refractivity contribution in [1.82, 2.24) is 15.5 Å². The Kier molecular flexibility index (Phi) is 7.26. The zero-order valence-electron chi connectivity index (χ0n) is 21.7. The van der Waals surface area contributed by atoms with E-state index in [0.717, 1.165) is 12.8 Å². The number of Topliss-reactive ketones (excluding diaryl/α,β-unsaturated/α-hetero) is 1. The summed E-state index contributed by atoms with van der Waals surface area (Å²) in [4.78, 5) is 64.6. The molecule has 2 saturated carbocycles. The Labute approximate surface area is 206 Å². The lowest BCUT2D eigenvalue weighted by atomic mass is 9.96. The van der Waals surface area contributed by atoms with E-state index in [2.05, 4.69) is 10.6 Å². The summed E-state index contributed by atoms with van der Waals surface area (Å²) < 4.78 is 5.32. The second-order valence-electron chi connectivity index (χ2n) is 12.2. The molecule has 2 aliphatic carbocycles. The number of hydrogen-bond donors (Lipinski definition) is 3. The molecule has 196 valence electrons. The molecule has 3 amide bonds. The average molecular weight is 494 g/mol. The predicted octanol–water partition coefficient (Wildman–Crippen LogP) is 1.96. The highest BCUT2D eigenvalue weighted by Gasteiger charge is 2.69. The van der Waals surface area contributed by atoms with Crippen molar-refractivity contribution in [3.05, 3.63) is 0 Å². The molecule has 2 unspecified atom stereocenters. The van der Waals surface area contributed by atoms with Crippen LogP contribution in [0.1, 0.15) is 67.7 Å². The SMILES string of the molecule is CC(C)[C@H](NC(=O)OC(C)(C)C)C(=O)N1CC2[C@@H]([C@H]1C(=O)NC(CC1CC1)C(=O)C(=O)O)C2(C)C. The van der Waals surface area contributed by atoms with Gasteiger partial charge in [0.1, 0.15) is 17.7 Å². The fourth-order valence-electron chi connectivity index (χ4n) is 5.26. The third kappa shape index (κ3) is 5.95. The lowest BCUT2D eigenvalue weighted by Crippen LogP contribution is -2.59. The number of alkyl carbamates (subject to hydrolysis) is 1. The number of ketones is 1. The van der Waals surface area contributed by atoms with Crippen molar-refractivity contribution in [1.29, 1.82) is 0 Å². The van der Waals surface area contributed by atoms with Crippen LogP contribution in [-0.2, 0) is 23.9 Å². The number of nitrogens with one attached hydrogen (secondary N) is 2. The number of carbonyl (C=O) groups is 5. The minimum Gasteiger partial charge on any atom is -0.475 e. The minimum atomic E-state index is -1.58. The Bertz CT molecular complexity index is 903. The highest BCUT2D eigenvalue weighted by atomic mass is 16.6. The maximum atomic E-state index is 13.6. The van der Waals surface area contributed by atoms with E-state index in [9.17, 15) is 29.1 Å². The molecule has 3 rings (SSSR count). The van der Waals surface area contributed by atoms with Crippen molar-refractivity contribution in [2.45, 2.75) is 91.5 Å². The smallest absolute Gasteiger partial charge is 0.408 e. The Morgan fingerprint density at radius 1 is 1.09 bits per heavy atom. The van der Waals surface area contributed by atoms with Crippen LogP contribution in [0.5, 0.6) is 0 Å². The Morgan fingerprint density at radius 2 is 1.69 bits per heavy atom. The number of carboxylic acids is 1. The first-order valence-corrected chi connectivity index (χ1v) is 12.4. The summed E-state index contributed by atoms with van der Waals surface area (Å²) in [6, 6.07) is -2.86. The second kappa shape index (κ2) is 9.43. The fraction of sp³-hybridized carbons (Fsp3) is 0.800. The molecular formula is C25H39N3O7. The van der Waals surface area contributed by atoms with Gasteiger partial charge >= 0.3 is 12.1 Å². The van der Waals surface area contributed by atoms with Crippen LogP contribution in [0.2, 0.25) is 0 Å². The quantitative estimate of drug-likeness (QED) is 0.417. The Hall–Kier alpha value is -2.65. The van der Waals surface area contributed by atoms with Crippen molar-refractivity contribution >= 4 is 29.7 Å². The Morgan fingerprint density at radius 3 is 2.17 bits per heavy atom. The van der Waals surface area contributed by atoms with Gasteiger partial charge in [0.25, 0.3) is 5.78 Å². The molecule has 0 bridgehead atoms. The number of hydrogen-bond acceptors (Lipinski definition) is 6. The van der Waals surface area contributed by atoms with Gasteiger partial charge in [0.15, 0.2) is 0 Å². The summed E-state index contributed by atoms with van der Waals surface area (Å²) >= 11 is 0. The fourth-order valence-corrected chi connectivity index (χ4v) is 5.26. The highest BCUT2D eigenvalue weighted by molar-refractivity contribution is 6.35. The topological polar surface area (TPSA) is 142 Å². The largest absolute Gasteiger partial charge is 0.475 e. The number of piperidine rings is 1. The predicted molar refractivity (Wildman–Crippen MR) is 126 cm³/mol. The lowest BCUT2D eigenvalue weighted by Gasteiger charge is -2.35. The van der Waals surface area contributed by atoms with Gasteiger partial charge in [-0.15, -0.1) is 0 Å². The van der Waals surface area contributed by atoms with Gasteiger partial charge in [-0.3, -0.25) is 14.4 Å². The maximum Gasteiger partial charge on any atom is 0.408 e. The zero-order valence-corrected chi connectivity index (χ0v) is 21.7. The molecule has 0 aromatic heterocycles. The second-order valence-corrected chi connectivity index (χ2v) is 12.2. The van der Waals surface area contributed by atoms with Crippen LogP contribution in [-0.4, -0.2) is 69.9 Å². The van der Waals surface area contributed by atoms with E-state index in [1.807, 2.05) is 13.8 Å². The average Bonchev–Trinajstić information content (AvgIpc) is 3.56. The van der Waals surface area contributed by atoms with Gasteiger partial charge < -0.3 is 25.4 Å². The van der Waals surface area contributed by atoms with Gasteiger partial charge in [-0.2, -0.15) is 0 Å². The molecule has 0 aromatic rings. The Balaban J connectivity index is 1.79. The van der Waals surface area contributed by atoms with Crippen LogP contribution < -0.4 is 10.6 Å². The van der Waals surface area contributed by atoms with Gasteiger partial charge in [-0.1, -0.05) is 40.5 Å². The third-order valence-electron chi connectivity index (χ3n) is 7.47. The van der Waals surface area contributed by atoms with E-state index in [-0.39, 0.29) is 35.5 Å². The van der Waals surface area contributed by atoms with Crippen molar-refractivity contribution < 1.29 is 33.8 Å². The van der Waals surface area contributed by atoms with Crippen LogP contribution >= 0.6 is 0 Å². The highest BCUT2D eigenvalue weighted by Crippen LogP contribution is 2.65. The number of carboxylic acid groups (broad SMARTS) is 1. The molecule has 3 N–H and O–H groups in total. The van der Waals surface area contributed by atoms with E-state index >= 15 is 0 Å². The first kappa shape index (κ1) is 26.9. The first-order chi connectivity index (χ1) is 16.0. The van der Waals surface area contributed by atoms with Gasteiger partial charge in [0, 0.05) is 6.54 Å². The van der Waals surface area contributed by atoms with Crippen LogP contribution in [0.4, 0.5) is 4.79 Å². The summed E-state index contributed by atoms with van der Waals surface area (Å²) in [6.45, 7) is 13.2. The zero-order chi connectivity index (χ0) is 26.5. The molecule has 1 saturated heterocycles. The van der Waals surface area contributed by atoms with Crippen LogP contribution in [0.25, 0.3) is 0 Å². The molecule has 3 fully saturated rings. The van der Waals surface area contributed by atoms with Crippen molar-refractivity contribution in [2.24, 2.45) is 29.1 Å². The van der Waals surface area contributed by atoms with Gasteiger partial charge in [0.05, 0.1) is 6.04 Å². The number of aliphatic carboxylic acids is 1. The number of ether oxygens (including phenoxy) is 1. The van der Waals surface area contributed by atoms with Crippen LogP contribution in [0.3, 0.4) is 0 Å². The standard InChI is InChI=1S/C25H39N3O7/c1-12(2)17(27-23(34)35-24(3,4)5)21(31)28-11-14-16(25(14,6)7)18(28)20(30)26-15(10-13-8-9-13)19(29)22(32)33/h12-18H,8-11H2,1-7H3,(H,26,30)(H,27,34)(H,32,33)/t14?,15?,16-,17-,18-/m0/s1. The molecule has 0 aromatic carbocycles. The molecule has 0 spiro atoms. The number of carbonyl (C=O) groups excluding carboxylic acids is 4. The van der Waals surface area contributed by atoms with Gasteiger partial charge in [-0.05, 0) is 56.3 Å². The van der Waals surface area contributed by atoms with E-state index in [1.165, 1.54) is 4.90 Å². The normalized spacial score (nSPS) is 26.4. The molecule has 1 aliphatic heterocycles. The summed E-state index contributed by atoms with van der Waals surface area (Å²) in [7, 11) is 0. The first-order valence-electron chi connectivity index (χ1n) is 12.4. The van der Waals surface area contributed by atoms with Crippen molar-refractivity contribution in [3.63, 3.8) is 0 Å². The molecular weight excluding hydrogens is 454 g/mol. The monoisotopic (exact) mass is 493 g/mol. The summed E-state index contributed by atoms with van der Waals surface area (Å²) in [5.74, 6) is -3.58. The molecule has 35 heavy (non-hydrogen) atoms. The van der Waals surface area contributed by atoms with Crippen molar-refractivity contribution in [2.75, 3.05) is 6.54 Å². The van der Waals surface area contributed by atoms with Crippen LogP contribution in [0.15, 0.2) is 0 Å². The molecule has 5 atom stereocenters. The van der Waals surface area contributed by atoms with Crippen molar-refractivity contribution in [3.8, 4) is 0 Å². The van der Waals surface area contributed by atoms with Gasteiger partial charge in [-0.25, -0.2) is 9.59 Å². The van der Waals surface area contributed by atoms with Crippen LogP contribution in [0, 0.1) is 29.1 Å². The van der Waals surface area contributed by atoms with Gasteiger partial charge in [0.2, 0.25) is 11.8 Å². The summed E-state index contributed by atoms with van der Waals surface area (Å²) in [5.41, 5.74) is -0.892. The molecule has 0 radical (unpaired) electrons. The number of amides is 3. The lowest BCUT2D eigenvalue weighted by molar-refractivity contribution is -0.151. The molecule has 1 heterocycles. The molecule has 10 heteroatoms. The maximum absolute atomic E-state index is 13.6. The van der Waals surface area contributed by atoms with E-state index in [4.69, 9.17) is 4.74 Å².